The van der Waals surface area contributed by atoms with Crippen LogP contribution in [0.3, 0.4) is 0 Å². The molecule has 0 aromatic carbocycles. The lowest BCUT2D eigenvalue weighted by Gasteiger charge is -2.20. The predicted molar refractivity (Wildman–Crippen MR) is 37.1 cm³/mol. The molecule has 0 fully saturated rings. The summed E-state index contributed by atoms with van der Waals surface area (Å²) >= 11 is 0. The van der Waals surface area contributed by atoms with Gasteiger partial charge in [-0.2, -0.15) is 5.10 Å². The van der Waals surface area contributed by atoms with Gasteiger partial charge in [0.1, 0.15) is 0 Å². The van der Waals surface area contributed by atoms with Crippen molar-refractivity contribution < 1.29 is 0 Å². The van der Waals surface area contributed by atoms with Crippen LogP contribution in [0.1, 0.15) is 27.2 Å². The molecular weight excluding hydrogens is 100 g/mol. The van der Waals surface area contributed by atoms with E-state index in [9.17, 15) is 0 Å². The van der Waals surface area contributed by atoms with Crippen molar-refractivity contribution in [3.8, 4) is 0 Å². The average Bonchev–Trinajstić information content (AvgIpc) is 1.67. The minimum Gasteiger partial charge on any atom is -0.305 e. The summed E-state index contributed by atoms with van der Waals surface area (Å²) in [6, 6.07) is 0. The van der Waals surface area contributed by atoms with Crippen LogP contribution >= 0.6 is 0 Å². The van der Waals surface area contributed by atoms with Gasteiger partial charge in [0, 0.05) is 12.3 Å². The molecule has 0 atom stereocenters. The van der Waals surface area contributed by atoms with Crippen molar-refractivity contribution in [3.05, 3.63) is 0 Å². The van der Waals surface area contributed by atoms with E-state index in [1.807, 2.05) is 0 Å². The van der Waals surface area contributed by atoms with Crippen molar-refractivity contribution in [1.82, 2.24) is 5.43 Å². The maximum Gasteiger partial charge on any atom is 0.0490 e. The van der Waals surface area contributed by atoms with E-state index in [2.05, 4.69) is 38.0 Å². The van der Waals surface area contributed by atoms with E-state index in [0.717, 1.165) is 6.42 Å². The number of nitrogens with zero attached hydrogens (tertiary/aromatic N) is 1. The van der Waals surface area contributed by atoms with E-state index in [1.165, 1.54) is 0 Å². The number of nitrogens with one attached hydrogen (secondary N) is 1. The molecule has 2 nitrogen and oxygen atoms in total. The average molecular weight is 114 g/mol. The van der Waals surface area contributed by atoms with Crippen LogP contribution in [0, 0.1) is 0 Å². The first-order valence-electron chi connectivity index (χ1n) is 2.85. The molecule has 0 bridgehead atoms. The molecule has 0 spiro atoms. The number of hydrogen-bond acceptors (Lipinski definition) is 2. The van der Waals surface area contributed by atoms with Crippen molar-refractivity contribution in [3.63, 3.8) is 0 Å². The van der Waals surface area contributed by atoms with Crippen LogP contribution in [0.4, 0.5) is 0 Å². The van der Waals surface area contributed by atoms with Gasteiger partial charge in [0.05, 0.1) is 0 Å². The molecule has 0 aromatic rings. The summed E-state index contributed by atoms with van der Waals surface area (Å²) in [5, 5.41) is 3.58. The molecule has 0 aliphatic carbocycles. The zero-order valence-electron chi connectivity index (χ0n) is 5.86. The van der Waals surface area contributed by atoms with Gasteiger partial charge in [-0.3, -0.25) is 0 Å². The smallest absolute Gasteiger partial charge is 0.0490 e. The highest BCUT2D eigenvalue weighted by molar-refractivity contribution is 5.22. The van der Waals surface area contributed by atoms with E-state index in [1.54, 1.807) is 0 Å². The molecule has 0 aliphatic heterocycles. The Hall–Kier alpha value is -0.530. The highest BCUT2D eigenvalue weighted by Crippen LogP contribution is 2.05. The summed E-state index contributed by atoms with van der Waals surface area (Å²) < 4.78 is 0. The van der Waals surface area contributed by atoms with Gasteiger partial charge in [-0.1, -0.05) is 6.92 Å². The maximum atomic E-state index is 3.58. The lowest BCUT2D eigenvalue weighted by Crippen LogP contribution is -2.33. The monoisotopic (exact) mass is 114 g/mol. The Labute approximate surface area is 51.0 Å². The summed E-state index contributed by atoms with van der Waals surface area (Å²) in [6.07, 6.45) is 1.06. The largest absolute Gasteiger partial charge is 0.305 e. The van der Waals surface area contributed by atoms with Gasteiger partial charge < -0.3 is 5.43 Å². The fraction of sp³-hybridized carbons (Fsp3) is 0.833. The van der Waals surface area contributed by atoms with Crippen LogP contribution in [0.5, 0.6) is 0 Å². The highest BCUT2D eigenvalue weighted by Gasteiger charge is 2.10. The molecular formula is C6H14N2. The molecule has 0 saturated carbocycles. The molecule has 0 radical (unpaired) electrons. The van der Waals surface area contributed by atoms with Crippen molar-refractivity contribution in [2.24, 2.45) is 5.10 Å². The minimum absolute atomic E-state index is 0.113. The Morgan fingerprint density at radius 2 is 2.12 bits per heavy atom. The maximum absolute atomic E-state index is 3.58. The summed E-state index contributed by atoms with van der Waals surface area (Å²) in [5.74, 6) is 0. The Bertz CT molecular complexity index is 76.6. The first-order valence-corrected chi connectivity index (χ1v) is 2.85. The third kappa shape index (κ3) is 2.61. The van der Waals surface area contributed by atoms with Gasteiger partial charge in [-0.15, -0.1) is 0 Å². The van der Waals surface area contributed by atoms with Gasteiger partial charge in [0.2, 0.25) is 0 Å². The molecule has 1 N–H and O–H groups in total. The van der Waals surface area contributed by atoms with E-state index >= 15 is 0 Å². The predicted octanol–water partition coefficient (Wildman–Crippen LogP) is 1.38. The van der Waals surface area contributed by atoms with Crippen molar-refractivity contribution in [1.29, 1.82) is 0 Å². The molecule has 0 aliphatic rings. The summed E-state index contributed by atoms with van der Waals surface area (Å²) in [6.45, 7) is 9.61. The normalized spacial score (nSPS) is 10.9. The van der Waals surface area contributed by atoms with Crippen LogP contribution in [0.25, 0.3) is 0 Å². The Morgan fingerprint density at radius 1 is 1.62 bits per heavy atom. The van der Waals surface area contributed by atoms with Crippen molar-refractivity contribution in [2.45, 2.75) is 32.7 Å². The van der Waals surface area contributed by atoms with Crippen LogP contribution in [0.2, 0.25) is 0 Å². The van der Waals surface area contributed by atoms with E-state index in [0.29, 0.717) is 0 Å². The topological polar surface area (TPSA) is 24.4 Å². The molecule has 2 heteroatoms. The van der Waals surface area contributed by atoms with Gasteiger partial charge in [0.15, 0.2) is 0 Å². The third-order valence-electron chi connectivity index (χ3n) is 1.27. The van der Waals surface area contributed by atoms with E-state index in [4.69, 9.17) is 0 Å². The zero-order valence-corrected chi connectivity index (χ0v) is 5.86. The van der Waals surface area contributed by atoms with Crippen LogP contribution < -0.4 is 5.43 Å². The number of hydrogen-bond donors (Lipinski definition) is 1. The second-order valence-corrected chi connectivity index (χ2v) is 2.51. The van der Waals surface area contributed by atoms with E-state index < -0.39 is 0 Å². The molecule has 0 amide bonds. The Kier molecular flexibility index (Phi) is 2.52. The Balaban J connectivity index is 3.53. The molecule has 0 saturated heterocycles. The lowest BCUT2D eigenvalue weighted by atomic mass is 10.0. The SMILES string of the molecule is C=NNC(C)(C)CC. The van der Waals surface area contributed by atoms with Crippen LogP contribution in [-0.2, 0) is 0 Å². The quantitative estimate of drug-likeness (QED) is 0.435. The van der Waals surface area contributed by atoms with E-state index in [-0.39, 0.29) is 5.54 Å². The third-order valence-corrected chi connectivity index (χ3v) is 1.27. The Morgan fingerprint density at radius 3 is 2.25 bits per heavy atom. The van der Waals surface area contributed by atoms with Gasteiger partial charge >= 0.3 is 0 Å². The second kappa shape index (κ2) is 2.70. The molecule has 0 unspecified atom stereocenters. The highest BCUT2D eigenvalue weighted by atomic mass is 15.3. The molecule has 0 rings (SSSR count). The van der Waals surface area contributed by atoms with Gasteiger partial charge in [-0.25, -0.2) is 0 Å². The first kappa shape index (κ1) is 7.47. The van der Waals surface area contributed by atoms with Crippen molar-refractivity contribution >= 4 is 6.72 Å². The fourth-order valence-corrected chi connectivity index (χ4v) is 0.293. The second-order valence-electron chi connectivity index (χ2n) is 2.51. The lowest BCUT2D eigenvalue weighted by molar-refractivity contribution is 0.389. The van der Waals surface area contributed by atoms with Crippen LogP contribution in [-0.4, -0.2) is 12.3 Å². The summed E-state index contributed by atoms with van der Waals surface area (Å²) in [5.41, 5.74) is 3.00. The molecule has 0 aromatic heterocycles. The fourth-order valence-electron chi connectivity index (χ4n) is 0.293. The van der Waals surface area contributed by atoms with Crippen LogP contribution in [0.15, 0.2) is 5.10 Å². The zero-order chi connectivity index (χ0) is 6.62. The minimum atomic E-state index is 0.113. The van der Waals surface area contributed by atoms with Gasteiger partial charge in [0.25, 0.3) is 0 Å². The standard InChI is InChI=1S/C6H14N2/c1-5-6(2,3)8-7-4/h8H,4-5H2,1-3H3. The number of hydrazone groups is 1. The summed E-state index contributed by atoms with van der Waals surface area (Å²) in [4.78, 5) is 0. The summed E-state index contributed by atoms with van der Waals surface area (Å²) in [7, 11) is 0. The first-order chi connectivity index (χ1) is 3.62. The molecule has 8 heavy (non-hydrogen) atoms. The van der Waals surface area contributed by atoms with Gasteiger partial charge in [-0.05, 0) is 20.3 Å². The molecule has 48 valence electrons. The number of rotatable bonds is 3. The molecule has 0 heterocycles. The van der Waals surface area contributed by atoms with Crippen molar-refractivity contribution in [2.75, 3.05) is 0 Å².